The van der Waals surface area contributed by atoms with Gasteiger partial charge in [0.1, 0.15) is 23.4 Å². The zero-order valence-corrected chi connectivity index (χ0v) is 19.1. The van der Waals surface area contributed by atoms with E-state index in [9.17, 15) is 9.90 Å². The number of benzene rings is 1. The van der Waals surface area contributed by atoms with Crippen LogP contribution >= 0.6 is 0 Å². The number of aryl methyl sites for hydroxylation is 1. The number of aldehydes is 1. The van der Waals surface area contributed by atoms with Gasteiger partial charge >= 0.3 is 0 Å². The number of carbonyl (C=O) groups excluding carboxylic acids is 1. The summed E-state index contributed by atoms with van der Waals surface area (Å²) in [6, 6.07) is 3.47. The van der Waals surface area contributed by atoms with Gasteiger partial charge in [0.25, 0.3) is 0 Å². The Hall–Kier alpha value is -2.55. The van der Waals surface area contributed by atoms with E-state index in [1.54, 1.807) is 12.1 Å². The summed E-state index contributed by atoms with van der Waals surface area (Å²) in [6.07, 6.45) is 18.2. The standard InChI is InChI=1S/C27H36O3/c1-20(2)9-6-12-23(19-28)13-7-10-21(3)11-8-15-27(5)16-14-24-18-25(29)17-22(4)26(24)30-27/h7,9,11,13-14,16-19,23,29H,6,8,10,12,15H2,1-5H3/b13-7+,21-11?. The van der Waals surface area contributed by atoms with Crippen molar-refractivity contribution in [3.63, 3.8) is 0 Å². The second-order valence-electron chi connectivity index (χ2n) is 8.81. The zero-order valence-electron chi connectivity index (χ0n) is 19.1. The summed E-state index contributed by atoms with van der Waals surface area (Å²) in [5, 5.41) is 9.76. The minimum atomic E-state index is -0.352. The van der Waals surface area contributed by atoms with Crippen LogP contribution in [0, 0.1) is 12.8 Å². The van der Waals surface area contributed by atoms with Crippen molar-refractivity contribution in [3.05, 3.63) is 64.8 Å². The summed E-state index contributed by atoms with van der Waals surface area (Å²) >= 11 is 0. The van der Waals surface area contributed by atoms with Gasteiger partial charge in [-0.2, -0.15) is 0 Å². The molecule has 2 rings (SSSR count). The molecule has 0 aliphatic carbocycles. The molecule has 1 aliphatic heterocycles. The first kappa shape index (κ1) is 23.7. The Morgan fingerprint density at radius 3 is 2.67 bits per heavy atom. The van der Waals surface area contributed by atoms with Gasteiger partial charge < -0.3 is 14.6 Å². The lowest BCUT2D eigenvalue weighted by Crippen LogP contribution is -2.32. The summed E-state index contributed by atoms with van der Waals surface area (Å²) in [7, 11) is 0. The molecule has 30 heavy (non-hydrogen) atoms. The van der Waals surface area contributed by atoms with Crippen molar-refractivity contribution in [2.24, 2.45) is 5.92 Å². The van der Waals surface area contributed by atoms with Crippen LogP contribution in [0.15, 0.2) is 53.7 Å². The molecule has 2 atom stereocenters. The molecule has 0 saturated heterocycles. The number of phenols is 1. The highest BCUT2D eigenvalue weighted by Crippen LogP contribution is 2.38. The van der Waals surface area contributed by atoms with Crippen LogP contribution in [0.3, 0.4) is 0 Å². The second kappa shape index (κ2) is 11.0. The topological polar surface area (TPSA) is 46.5 Å². The molecule has 0 fully saturated rings. The molecule has 1 aromatic rings. The average Bonchev–Trinajstić information content (AvgIpc) is 2.67. The quantitative estimate of drug-likeness (QED) is 0.332. The van der Waals surface area contributed by atoms with Crippen LogP contribution in [0.25, 0.3) is 6.08 Å². The number of hydrogen-bond acceptors (Lipinski definition) is 3. The predicted molar refractivity (Wildman–Crippen MR) is 126 cm³/mol. The SMILES string of the molecule is CC(C)=CCCC(C=O)/C=C/CC(C)=CCCC1(C)C=Cc2cc(O)cc(C)c2O1. The highest BCUT2D eigenvalue weighted by atomic mass is 16.5. The highest BCUT2D eigenvalue weighted by molar-refractivity contribution is 5.65. The Morgan fingerprint density at radius 1 is 1.20 bits per heavy atom. The summed E-state index contributed by atoms with van der Waals surface area (Å²) in [5.41, 5.74) is 4.12. The van der Waals surface area contributed by atoms with Crippen LogP contribution in [0.1, 0.15) is 70.9 Å². The van der Waals surface area contributed by atoms with Crippen molar-refractivity contribution in [1.29, 1.82) is 0 Å². The summed E-state index contributed by atoms with van der Waals surface area (Å²) in [6.45, 7) is 10.4. The van der Waals surface area contributed by atoms with E-state index in [-0.39, 0.29) is 17.3 Å². The molecule has 2 unspecified atom stereocenters. The lowest BCUT2D eigenvalue weighted by molar-refractivity contribution is -0.110. The van der Waals surface area contributed by atoms with Crippen molar-refractivity contribution in [2.45, 2.75) is 72.3 Å². The van der Waals surface area contributed by atoms with E-state index >= 15 is 0 Å². The van der Waals surface area contributed by atoms with E-state index in [1.165, 1.54) is 11.1 Å². The zero-order chi connectivity index (χ0) is 22.1. The molecule has 0 spiro atoms. The number of allylic oxidation sites excluding steroid dienone is 6. The fourth-order valence-electron chi connectivity index (χ4n) is 3.60. The van der Waals surface area contributed by atoms with E-state index in [4.69, 9.17) is 4.74 Å². The Morgan fingerprint density at radius 2 is 1.97 bits per heavy atom. The first-order valence-corrected chi connectivity index (χ1v) is 10.9. The minimum absolute atomic E-state index is 0.00386. The van der Waals surface area contributed by atoms with Crippen molar-refractivity contribution in [1.82, 2.24) is 0 Å². The maximum atomic E-state index is 11.2. The molecular weight excluding hydrogens is 372 g/mol. The minimum Gasteiger partial charge on any atom is -0.508 e. The molecular formula is C27H36O3. The van der Waals surface area contributed by atoms with Crippen LogP contribution < -0.4 is 4.74 Å². The summed E-state index contributed by atoms with van der Waals surface area (Å²) in [5.74, 6) is 1.12. The van der Waals surface area contributed by atoms with Gasteiger partial charge in [-0.25, -0.2) is 0 Å². The van der Waals surface area contributed by atoms with Gasteiger partial charge in [0, 0.05) is 11.5 Å². The van der Waals surface area contributed by atoms with Gasteiger partial charge in [0.2, 0.25) is 0 Å². The highest BCUT2D eigenvalue weighted by Gasteiger charge is 2.27. The fourth-order valence-corrected chi connectivity index (χ4v) is 3.60. The van der Waals surface area contributed by atoms with Crippen LogP contribution in [0.4, 0.5) is 0 Å². The van der Waals surface area contributed by atoms with E-state index in [0.717, 1.165) is 55.3 Å². The van der Waals surface area contributed by atoms with Gasteiger partial charge in [0.05, 0.1) is 0 Å². The van der Waals surface area contributed by atoms with Crippen LogP contribution in [-0.4, -0.2) is 17.0 Å². The van der Waals surface area contributed by atoms with Gasteiger partial charge in [-0.05, 0) is 90.5 Å². The molecule has 0 saturated carbocycles. The number of rotatable bonds is 10. The van der Waals surface area contributed by atoms with E-state index in [1.807, 2.05) is 19.1 Å². The number of ether oxygens (including phenoxy) is 1. The van der Waals surface area contributed by atoms with Crippen molar-refractivity contribution >= 4 is 12.4 Å². The Labute approximate surface area is 181 Å². The van der Waals surface area contributed by atoms with E-state index < -0.39 is 0 Å². The van der Waals surface area contributed by atoms with Gasteiger partial charge in [-0.15, -0.1) is 0 Å². The normalized spacial score (nSPS) is 19.3. The lowest BCUT2D eigenvalue weighted by atomic mass is 9.93. The molecule has 1 N–H and O–H groups in total. The molecule has 162 valence electrons. The maximum Gasteiger partial charge on any atom is 0.131 e. The first-order valence-electron chi connectivity index (χ1n) is 10.9. The van der Waals surface area contributed by atoms with Crippen molar-refractivity contribution in [3.8, 4) is 11.5 Å². The summed E-state index contributed by atoms with van der Waals surface area (Å²) < 4.78 is 6.28. The Kier molecular flexibility index (Phi) is 8.71. The third kappa shape index (κ3) is 7.37. The fraction of sp³-hybridized carbons (Fsp3) is 0.444. The Balaban J connectivity index is 1.85. The number of hydrogen-bond donors (Lipinski definition) is 1. The second-order valence-corrected chi connectivity index (χ2v) is 8.81. The molecule has 1 aromatic carbocycles. The van der Waals surface area contributed by atoms with Gasteiger partial charge in [-0.1, -0.05) is 41.5 Å². The Bertz CT molecular complexity index is 853. The molecule has 1 aliphatic rings. The number of phenolic OH excluding ortho intramolecular Hbond substituents is 1. The lowest BCUT2D eigenvalue weighted by Gasteiger charge is -2.32. The van der Waals surface area contributed by atoms with Gasteiger partial charge in [0.15, 0.2) is 0 Å². The number of carbonyl (C=O) groups is 1. The molecule has 0 radical (unpaired) electrons. The molecule has 0 bridgehead atoms. The molecule has 1 heterocycles. The molecule has 0 amide bonds. The van der Waals surface area contributed by atoms with Crippen LogP contribution in [0.2, 0.25) is 0 Å². The van der Waals surface area contributed by atoms with E-state index in [2.05, 4.69) is 52.0 Å². The molecule has 0 aromatic heterocycles. The van der Waals surface area contributed by atoms with Crippen molar-refractivity contribution in [2.75, 3.05) is 0 Å². The van der Waals surface area contributed by atoms with Crippen LogP contribution in [0.5, 0.6) is 11.5 Å². The summed E-state index contributed by atoms with van der Waals surface area (Å²) in [4.78, 5) is 11.2. The third-order valence-corrected chi connectivity index (χ3v) is 5.42. The van der Waals surface area contributed by atoms with E-state index in [0.29, 0.717) is 0 Å². The maximum absolute atomic E-state index is 11.2. The number of aromatic hydroxyl groups is 1. The smallest absolute Gasteiger partial charge is 0.131 e. The molecule has 3 nitrogen and oxygen atoms in total. The van der Waals surface area contributed by atoms with Crippen molar-refractivity contribution < 1.29 is 14.6 Å². The van der Waals surface area contributed by atoms with Crippen LogP contribution in [-0.2, 0) is 4.79 Å². The number of fused-ring (bicyclic) bond motifs is 1. The molecule has 3 heteroatoms. The predicted octanol–water partition coefficient (Wildman–Crippen LogP) is 7.10. The van der Waals surface area contributed by atoms with Gasteiger partial charge in [-0.3, -0.25) is 0 Å². The average molecular weight is 409 g/mol. The third-order valence-electron chi connectivity index (χ3n) is 5.42. The first-order chi connectivity index (χ1) is 14.2. The largest absolute Gasteiger partial charge is 0.508 e. The monoisotopic (exact) mass is 408 g/mol.